The molecule has 6 heteroatoms. The predicted molar refractivity (Wildman–Crippen MR) is 122 cm³/mol. The van der Waals surface area contributed by atoms with Gasteiger partial charge in [0.25, 0.3) is 0 Å². The minimum Gasteiger partial charge on any atom is -0.390 e. The van der Waals surface area contributed by atoms with Crippen LogP contribution in [0.4, 0.5) is 4.39 Å². The lowest BCUT2D eigenvalue weighted by Gasteiger charge is -2.59. The second kappa shape index (κ2) is 7.79. The van der Waals surface area contributed by atoms with E-state index in [0.717, 1.165) is 49.8 Å². The van der Waals surface area contributed by atoms with Gasteiger partial charge in [-0.15, -0.1) is 0 Å². The van der Waals surface area contributed by atoms with Crippen molar-refractivity contribution in [2.75, 3.05) is 0 Å². The van der Waals surface area contributed by atoms with Crippen molar-refractivity contribution in [3.63, 3.8) is 0 Å². The van der Waals surface area contributed by atoms with Gasteiger partial charge in [-0.3, -0.25) is 4.68 Å². The number of rotatable bonds is 3. The fraction of sp³-hybridized carbons (Fsp3) is 0.778. The number of carbonyl (C=O) groups excluding carboxylic acids is 1. The Labute approximate surface area is 196 Å². The number of allylic oxidation sites excluding steroid dienone is 1. The van der Waals surface area contributed by atoms with Crippen LogP contribution in [-0.2, 0) is 11.3 Å². The highest BCUT2D eigenvalue weighted by Crippen LogP contribution is 2.67. The van der Waals surface area contributed by atoms with E-state index in [9.17, 15) is 15.2 Å². The summed E-state index contributed by atoms with van der Waals surface area (Å²) in [6.45, 7) is 6.43. The summed E-state index contributed by atoms with van der Waals surface area (Å²) in [6, 6.07) is 2.15. The highest BCUT2D eigenvalue weighted by atomic mass is 19.1. The maximum Gasteiger partial charge on any atom is 0.125 e. The molecule has 4 aliphatic rings. The van der Waals surface area contributed by atoms with Gasteiger partial charge in [-0.1, -0.05) is 6.92 Å². The van der Waals surface area contributed by atoms with E-state index in [2.05, 4.69) is 24.0 Å². The number of nitriles is 1. The Morgan fingerprint density at radius 3 is 2.70 bits per heavy atom. The average Bonchev–Trinajstić information content (AvgIpc) is 3.31. The minimum atomic E-state index is -1.15. The Balaban J connectivity index is 1.38. The van der Waals surface area contributed by atoms with E-state index >= 15 is 4.39 Å². The van der Waals surface area contributed by atoms with E-state index in [1.54, 1.807) is 10.9 Å². The highest BCUT2D eigenvalue weighted by Gasteiger charge is 2.63. The molecule has 8 atom stereocenters. The number of hydrogen-bond donors (Lipinski definition) is 1. The SMILES string of the molecule is Cc1c(C#N)cnn1CC(=C=O)[C@H]1CC[C@H]2[C@@H]3CC[C@@H]4C[C@](C)(O)CC[C@]4(F)[C@H]3CC[C@]12C. The van der Waals surface area contributed by atoms with Gasteiger partial charge in [0.1, 0.15) is 17.7 Å². The molecule has 0 spiro atoms. The lowest BCUT2D eigenvalue weighted by Crippen LogP contribution is -2.58. The van der Waals surface area contributed by atoms with Crippen LogP contribution in [0.25, 0.3) is 0 Å². The van der Waals surface area contributed by atoms with Gasteiger partial charge in [0.2, 0.25) is 0 Å². The van der Waals surface area contributed by atoms with Crippen LogP contribution < -0.4 is 0 Å². The van der Waals surface area contributed by atoms with Gasteiger partial charge in [-0.05, 0) is 107 Å². The standard InChI is InChI=1S/C27H36FN3O2/c1-17-18(13-29)14-30-31(17)15-19(16-32)22-6-7-23-21-5-4-20-12-25(2,33)10-11-27(20,28)24(21)8-9-26(22,23)3/h14,20-24,33H,4-12,15H2,1-3H3/t20-,21+,22-,23+,24+,25-,26-,27-/m1/s1. The molecule has 5 rings (SSSR count). The summed E-state index contributed by atoms with van der Waals surface area (Å²) in [7, 11) is 0. The van der Waals surface area contributed by atoms with Gasteiger partial charge in [-0.25, -0.2) is 9.18 Å². The van der Waals surface area contributed by atoms with Crippen molar-refractivity contribution in [1.82, 2.24) is 9.78 Å². The van der Waals surface area contributed by atoms with Crippen LogP contribution in [0.5, 0.6) is 0 Å². The fourth-order valence-corrected chi connectivity index (χ4v) is 8.64. The van der Waals surface area contributed by atoms with Crippen LogP contribution in [0.3, 0.4) is 0 Å². The van der Waals surface area contributed by atoms with Crippen LogP contribution in [0.1, 0.15) is 82.9 Å². The lowest BCUT2D eigenvalue weighted by molar-refractivity contribution is -0.163. The molecule has 4 aliphatic carbocycles. The Morgan fingerprint density at radius 2 is 2.00 bits per heavy atom. The largest absolute Gasteiger partial charge is 0.390 e. The summed E-state index contributed by atoms with van der Waals surface area (Å²) in [4.78, 5) is 12.1. The third-order valence-electron chi connectivity index (χ3n) is 10.4. The molecule has 0 unspecified atom stereocenters. The molecule has 5 nitrogen and oxygen atoms in total. The summed E-state index contributed by atoms with van der Waals surface area (Å²) >= 11 is 0. The molecule has 0 saturated heterocycles. The summed E-state index contributed by atoms with van der Waals surface area (Å²) in [5, 5.41) is 24.1. The van der Waals surface area contributed by atoms with Crippen molar-refractivity contribution < 1.29 is 14.3 Å². The quantitative estimate of drug-likeness (QED) is 0.658. The number of nitrogens with zero attached hydrogens (tertiary/aromatic N) is 3. The second-order valence-corrected chi connectivity index (χ2v) is 12.0. The van der Waals surface area contributed by atoms with Gasteiger partial charge >= 0.3 is 0 Å². The van der Waals surface area contributed by atoms with Crippen molar-refractivity contribution in [3.8, 4) is 6.07 Å². The molecule has 4 fully saturated rings. The maximum absolute atomic E-state index is 16.6. The third kappa shape index (κ3) is 3.43. The zero-order valence-electron chi connectivity index (χ0n) is 20.1. The van der Waals surface area contributed by atoms with Crippen LogP contribution in [0, 0.1) is 53.3 Å². The van der Waals surface area contributed by atoms with Crippen molar-refractivity contribution >= 4 is 5.94 Å². The Hall–Kier alpha value is -1.96. The zero-order valence-corrected chi connectivity index (χ0v) is 20.1. The fourth-order valence-electron chi connectivity index (χ4n) is 8.64. The van der Waals surface area contributed by atoms with E-state index in [1.807, 2.05) is 13.8 Å². The molecule has 1 N–H and O–H groups in total. The Kier molecular flexibility index (Phi) is 5.38. The smallest absolute Gasteiger partial charge is 0.125 e. The monoisotopic (exact) mass is 453 g/mol. The molecule has 0 amide bonds. The van der Waals surface area contributed by atoms with Crippen LogP contribution >= 0.6 is 0 Å². The summed E-state index contributed by atoms with van der Waals surface area (Å²) in [5.74, 6) is 3.24. The molecule has 0 radical (unpaired) electrons. The van der Waals surface area contributed by atoms with Crippen LogP contribution in [0.15, 0.2) is 11.8 Å². The first kappa shape index (κ1) is 22.8. The zero-order chi connectivity index (χ0) is 23.6. The average molecular weight is 454 g/mol. The molecular weight excluding hydrogens is 417 g/mol. The second-order valence-electron chi connectivity index (χ2n) is 12.0. The molecule has 0 aliphatic heterocycles. The summed E-state index contributed by atoms with van der Waals surface area (Å²) in [6.07, 6.45) is 8.87. The van der Waals surface area contributed by atoms with Crippen LogP contribution in [0.2, 0.25) is 0 Å². The normalized spacial score (nSPS) is 44.2. The van der Waals surface area contributed by atoms with E-state index in [1.165, 1.54) is 0 Å². The molecular formula is C27H36FN3O2. The van der Waals surface area contributed by atoms with Gasteiger partial charge in [0.05, 0.1) is 29.6 Å². The summed E-state index contributed by atoms with van der Waals surface area (Å²) < 4.78 is 18.3. The number of aromatic nitrogens is 2. The predicted octanol–water partition coefficient (Wildman–Crippen LogP) is 4.93. The first-order chi connectivity index (χ1) is 15.6. The number of alkyl halides is 1. The number of halogens is 1. The minimum absolute atomic E-state index is 0.0175. The topological polar surface area (TPSA) is 78.9 Å². The summed E-state index contributed by atoms with van der Waals surface area (Å²) in [5.41, 5.74) is 0.164. The van der Waals surface area contributed by atoms with Gasteiger partial charge < -0.3 is 5.11 Å². The molecule has 1 aromatic rings. The van der Waals surface area contributed by atoms with Gasteiger partial charge in [-0.2, -0.15) is 10.4 Å². The first-order valence-corrected chi connectivity index (χ1v) is 12.7. The Bertz CT molecular complexity index is 1030. The van der Waals surface area contributed by atoms with Crippen molar-refractivity contribution in [1.29, 1.82) is 5.26 Å². The first-order valence-electron chi connectivity index (χ1n) is 12.7. The number of fused-ring (bicyclic) bond motifs is 5. The van der Waals surface area contributed by atoms with E-state index in [0.29, 0.717) is 43.2 Å². The number of hydrogen-bond acceptors (Lipinski definition) is 4. The van der Waals surface area contributed by atoms with E-state index in [4.69, 9.17) is 0 Å². The molecule has 0 aromatic carbocycles. The van der Waals surface area contributed by atoms with E-state index < -0.39 is 11.3 Å². The molecule has 0 bridgehead atoms. The van der Waals surface area contributed by atoms with E-state index in [-0.39, 0.29) is 23.2 Å². The van der Waals surface area contributed by atoms with Gasteiger partial charge in [0.15, 0.2) is 0 Å². The molecule has 33 heavy (non-hydrogen) atoms. The van der Waals surface area contributed by atoms with Crippen molar-refractivity contribution in [3.05, 3.63) is 23.0 Å². The van der Waals surface area contributed by atoms with Crippen LogP contribution in [-0.4, -0.2) is 32.1 Å². The Morgan fingerprint density at radius 1 is 1.21 bits per heavy atom. The van der Waals surface area contributed by atoms with Gasteiger partial charge in [0, 0.05) is 5.57 Å². The molecule has 1 heterocycles. The van der Waals surface area contributed by atoms with Crippen molar-refractivity contribution in [2.45, 2.75) is 96.4 Å². The molecule has 4 saturated carbocycles. The molecule has 178 valence electrons. The lowest BCUT2D eigenvalue weighted by atomic mass is 9.47. The number of aliphatic hydroxyl groups is 1. The maximum atomic E-state index is 16.6. The van der Waals surface area contributed by atoms with Crippen molar-refractivity contribution in [2.24, 2.45) is 35.0 Å². The molecule has 1 aromatic heterocycles. The third-order valence-corrected chi connectivity index (χ3v) is 10.4. The highest BCUT2D eigenvalue weighted by molar-refractivity contribution is 5.54.